The van der Waals surface area contributed by atoms with Gasteiger partial charge in [0.2, 0.25) is 0 Å². The van der Waals surface area contributed by atoms with Gasteiger partial charge in [0.25, 0.3) is 5.91 Å². The smallest absolute Gasteiger partial charge is 0.325 e. The Morgan fingerprint density at radius 2 is 2.00 bits per heavy atom. The maximum atomic E-state index is 12.0. The third-order valence-electron chi connectivity index (χ3n) is 3.09. The Morgan fingerprint density at radius 3 is 2.68 bits per heavy atom. The van der Waals surface area contributed by atoms with E-state index in [4.69, 9.17) is 0 Å². The predicted octanol–water partition coefficient (Wildman–Crippen LogP) is 1.56. The van der Waals surface area contributed by atoms with E-state index >= 15 is 0 Å². The Bertz CT molecular complexity index is 528. The fourth-order valence-electron chi connectivity index (χ4n) is 2.04. The molecule has 2 rings (SSSR count). The molecule has 1 heterocycles. The summed E-state index contributed by atoms with van der Waals surface area (Å²) in [6.07, 6.45) is 1.38. The molecule has 1 aliphatic rings. The Kier molecular flexibility index (Phi) is 4.19. The maximum absolute atomic E-state index is 12.0. The van der Waals surface area contributed by atoms with E-state index < -0.39 is 6.04 Å². The zero-order valence-electron chi connectivity index (χ0n) is 10.8. The predicted molar refractivity (Wildman–Crippen MR) is 72.2 cm³/mol. The van der Waals surface area contributed by atoms with Gasteiger partial charge in [-0.15, -0.1) is 5.92 Å². The molecule has 1 atom stereocenters. The van der Waals surface area contributed by atoms with Crippen LogP contribution in [0.1, 0.15) is 18.9 Å². The Morgan fingerprint density at radius 1 is 1.26 bits per heavy atom. The lowest BCUT2D eigenvalue weighted by Crippen LogP contribution is -2.32. The Balaban J connectivity index is 1.93. The number of rotatable bonds is 4. The van der Waals surface area contributed by atoms with E-state index in [9.17, 15) is 9.59 Å². The highest BCUT2D eigenvalue weighted by atomic mass is 16.2. The van der Waals surface area contributed by atoms with Gasteiger partial charge >= 0.3 is 6.03 Å². The van der Waals surface area contributed by atoms with Gasteiger partial charge in [-0.3, -0.25) is 9.69 Å². The van der Waals surface area contributed by atoms with Crippen LogP contribution >= 0.6 is 0 Å². The number of benzene rings is 1. The SMILES string of the molecule is CC#CCN1C(=O)N[C@@H](CCc2ccccc2)C1=O. The number of carbonyl (C=O) groups is 2. The summed E-state index contributed by atoms with van der Waals surface area (Å²) in [7, 11) is 0. The summed E-state index contributed by atoms with van der Waals surface area (Å²) < 4.78 is 0. The summed E-state index contributed by atoms with van der Waals surface area (Å²) in [5.41, 5.74) is 1.16. The first kappa shape index (κ1) is 13.2. The van der Waals surface area contributed by atoms with Gasteiger partial charge in [-0.05, 0) is 25.3 Å². The maximum Gasteiger partial charge on any atom is 0.325 e. The first-order valence-electron chi connectivity index (χ1n) is 6.28. The standard InChI is InChI=1S/C15H16N2O2/c1-2-3-11-17-14(18)13(16-15(17)19)10-9-12-7-5-4-6-8-12/h4-8,13H,9-11H2,1H3,(H,16,19)/t13-/m0/s1. The van der Waals surface area contributed by atoms with Crippen molar-refractivity contribution in [2.75, 3.05) is 6.54 Å². The van der Waals surface area contributed by atoms with E-state index in [0.29, 0.717) is 6.42 Å². The summed E-state index contributed by atoms with van der Waals surface area (Å²) in [5, 5.41) is 2.70. The molecule has 1 aliphatic heterocycles. The zero-order chi connectivity index (χ0) is 13.7. The van der Waals surface area contributed by atoms with Crippen molar-refractivity contribution >= 4 is 11.9 Å². The lowest BCUT2D eigenvalue weighted by Gasteiger charge is -2.09. The zero-order valence-corrected chi connectivity index (χ0v) is 10.8. The van der Waals surface area contributed by atoms with Gasteiger partial charge in [-0.1, -0.05) is 36.3 Å². The molecule has 19 heavy (non-hydrogen) atoms. The largest absolute Gasteiger partial charge is 0.326 e. The Hall–Kier alpha value is -2.28. The number of nitrogens with one attached hydrogen (secondary N) is 1. The van der Waals surface area contributed by atoms with Crippen molar-refractivity contribution in [2.24, 2.45) is 0 Å². The summed E-state index contributed by atoms with van der Waals surface area (Å²) in [4.78, 5) is 24.8. The van der Waals surface area contributed by atoms with Gasteiger partial charge in [0.15, 0.2) is 0 Å². The number of nitrogens with zero attached hydrogens (tertiary/aromatic N) is 1. The molecule has 1 saturated heterocycles. The van der Waals surface area contributed by atoms with Crippen LogP contribution in [0, 0.1) is 11.8 Å². The number of imide groups is 1. The fraction of sp³-hybridized carbons (Fsp3) is 0.333. The number of amides is 3. The van der Waals surface area contributed by atoms with Crippen molar-refractivity contribution in [2.45, 2.75) is 25.8 Å². The van der Waals surface area contributed by atoms with Crippen LogP contribution in [0.3, 0.4) is 0 Å². The molecule has 0 spiro atoms. The molecule has 1 aromatic carbocycles. The average molecular weight is 256 g/mol. The highest BCUT2D eigenvalue weighted by Gasteiger charge is 2.36. The van der Waals surface area contributed by atoms with Crippen LogP contribution in [0.25, 0.3) is 0 Å². The minimum Gasteiger partial charge on any atom is -0.326 e. The molecule has 0 radical (unpaired) electrons. The van der Waals surface area contributed by atoms with Gasteiger partial charge in [0.1, 0.15) is 6.04 Å². The van der Waals surface area contributed by atoms with Gasteiger partial charge in [0.05, 0.1) is 6.54 Å². The Labute approximate surface area is 112 Å². The number of hydrogen-bond donors (Lipinski definition) is 1. The number of hydrogen-bond acceptors (Lipinski definition) is 2. The van der Waals surface area contributed by atoms with Crippen LogP contribution < -0.4 is 5.32 Å². The van der Waals surface area contributed by atoms with E-state index in [1.54, 1.807) is 6.92 Å². The summed E-state index contributed by atoms with van der Waals surface area (Å²) in [6, 6.07) is 9.15. The van der Waals surface area contributed by atoms with Crippen molar-refractivity contribution < 1.29 is 9.59 Å². The molecule has 0 saturated carbocycles. The lowest BCUT2D eigenvalue weighted by molar-refractivity contribution is -0.127. The molecule has 1 fully saturated rings. The highest BCUT2D eigenvalue weighted by Crippen LogP contribution is 2.12. The number of aryl methyl sites for hydroxylation is 1. The quantitative estimate of drug-likeness (QED) is 0.656. The van der Waals surface area contributed by atoms with E-state index in [2.05, 4.69) is 17.2 Å². The lowest BCUT2D eigenvalue weighted by atomic mass is 10.1. The molecule has 3 amide bonds. The molecule has 0 aromatic heterocycles. The molecule has 1 aromatic rings. The highest BCUT2D eigenvalue weighted by molar-refractivity contribution is 6.04. The van der Waals surface area contributed by atoms with Crippen molar-refractivity contribution in [1.29, 1.82) is 0 Å². The molecular formula is C15H16N2O2. The minimum atomic E-state index is -0.425. The van der Waals surface area contributed by atoms with Crippen LogP contribution in [0.15, 0.2) is 30.3 Å². The minimum absolute atomic E-state index is 0.170. The molecule has 4 nitrogen and oxygen atoms in total. The van der Waals surface area contributed by atoms with Crippen LogP contribution in [0.5, 0.6) is 0 Å². The van der Waals surface area contributed by atoms with Crippen molar-refractivity contribution in [1.82, 2.24) is 10.2 Å². The second-order valence-electron chi connectivity index (χ2n) is 4.38. The third-order valence-corrected chi connectivity index (χ3v) is 3.09. The van der Waals surface area contributed by atoms with Gasteiger partial charge in [-0.2, -0.15) is 0 Å². The molecular weight excluding hydrogens is 240 g/mol. The van der Waals surface area contributed by atoms with Crippen LogP contribution in [-0.2, 0) is 11.2 Å². The topological polar surface area (TPSA) is 49.4 Å². The van der Waals surface area contributed by atoms with Gasteiger partial charge in [-0.25, -0.2) is 4.79 Å². The van der Waals surface area contributed by atoms with E-state index in [1.165, 1.54) is 4.90 Å². The first-order valence-corrected chi connectivity index (χ1v) is 6.28. The van der Waals surface area contributed by atoms with Crippen molar-refractivity contribution in [3.8, 4) is 11.8 Å². The summed E-state index contributed by atoms with van der Waals surface area (Å²) in [6.45, 7) is 1.86. The molecule has 0 aliphatic carbocycles. The normalized spacial score (nSPS) is 17.9. The van der Waals surface area contributed by atoms with Crippen LogP contribution in [0.4, 0.5) is 4.79 Å². The molecule has 0 bridgehead atoms. The third kappa shape index (κ3) is 3.14. The van der Waals surface area contributed by atoms with E-state index in [-0.39, 0.29) is 18.5 Å². The van der Waals surface area contributed by atoms with E-state index in [0.717, 1.165) is 12.0 Å². The number of carbonyl (C=O) groups excluding carboxylic acids is 2. The number of urea groups is 1. The monoisotopic (exact) mass is 256 g/mol. The second-order valence-corrected chi connectivity index (χ2v) is 4.38. The molecule has 98 valence electrons. The van der Waals surface area contributed by atoms with E-state index in [1.807, 2.05) is 30.3 Å². The molecule has 1 N–H and O–H groups in total. The van der Waals surface area contributed by atoms with Crippen LogP contribution in [-0.4, -0.2) is 29.4 Å². The molecule has 0 unspecified atom stereocenters. The first-order chi connectivity index (χ1) is 9.22. The second kappa shape index (κ2) is 6.05. The molecule has 4 heteroatoms. The summed E-state index contributed by atoms with van der Waals surface area (Å²) in [5.74, 6) is 5.25. The van der Waals surface area contributed by atoms with Crippen LogP contribution in [0.2, 0.25) is 0 Å². The summed E-state index contributed by atoms with van der Waals surface area (Å²) >= 11 is 0. The van der Waals surface area contributed by atoms with Crippen molar-refractivity contribution in [3.63, 3.8) is 0 Å². The van der Waals surface area contributed by atoms with Crippen molar-refractivity contribution in [3.05, 3.63) is 35.9 Å². The van der Waals surface area contributed by atoms with Gasteiger partial charge in [0, 0.05) is 0 Å². The van der Waals surface area contributed by atoms with Gasteiger partial charge < -0.3 is 5.32 Å². The fourth-order valence-corrected chi connectivity index (χ4v) is 2.04. The average Bonchev–Trinajstić information content (AvgIpc) is 2.70.